The fraction of sp³-hybridized carbons (Fsp3) is 0.333. The number of aromatic nitrogens is 1. The number of hydrogen-bond donors (Lipinski definition) is 1. The average molecular weight is 337 g/mol. The van der Waals surface area contributed by atoms with Crippen LogP contribution in [0.2, 0.25) is 0 Å². The van der Waals surface area contributed by atoms with Crippen LogP contribution < -0.4 is 0 Å². The number of nitrogens with zero attached hydrogens (tertiary/aromatic N) is 1. The first-order chi connectivity index (χ1) is 11.9. The topological polar surface area (TPSA) is 59.3 Å². The second kappa shape index (κ2) is 6.71. The van der Waals surface area contributed by atoms with Crippen LogP contribution in [0.3, 0.4) is 0 Å². The minimum atomic E-state index is -0.171. The summed E-state index contributed by atoms with van der Waals surface area (Å²) in [5.41, 5.74) is 4.09. The molecule has 0 bridgehead atoms. The van der Waals surface area contributed by atoms with Crippen molar-refractivity contribution in [3.63, 3.8) is 0 Å². The summed E-state index contributed by atoms with van der Waals surface area (Å²) in [6, 6.07) is 3.43. The second-order valence-corrected chi connectivity index (χ2v) is 6.60. The van der Waals surface area contributed by atoms with Crippen LogP contribution in [0, 0.1) is 0 Å². The van der Waals surface area contributed by atoms with E-state index < -0.39 is 0 Å². The van der Waals surface area contributed by atoms with E-state index in [1.807, 2.05) is 12.2 Å². The summed E-state index contributed by atoms with van der Waals surface area (Å²) < 4.78 is 2.14. The Morgan fingerprint density at radius 1 is 1.32 bits per heavy atom. The summed E-state index contributed by atoms with van der Waals surface area (Å²) in [7, 11) is 0. The number of aryl methyl sites for hydroxylation is 1. The number of carbonyl (C=O) groups excluding carboxylic acids is 2. The number of aromatic hydroxyl groups is 1. The molecule has 1 heterocycles. The average Bonchev–Trinajstić information content (AvgIpc) is 2.87. The molecular formula is C21H23NO3. The van der Waals surface area contributed by atoms with E-state index in [1.165, 1.54) is 6.92 Å². The van der Waals surface area contributed by atoms with Crippen molar-refractivity contribution >= 4 is 34.1 Å². The predicted octanol–water partition coefficient (Wildman–Crippen LogP) is 4.74. The van der Waals surface area contributed by atoms with Crippen molar-refractivity contribution in [1.82, 2.24) is 4.57 Å². The lowest BCUT2D eigenvalue weighted by Crippen LogP contribution is -2.00. The molecular weight excluding hydrogens is 314 g/mol. The number of hydrogen-bond acceptors (Lipinski definition) is 3. The standard InChI is InChI=1S/C21H23NO3/c1-4-10-22-18-7-5-6-15(24)9-8-13(2)21(18)17-11-16(14(3)23)20(25)12-19(17)22/h5,7,11-12,25H,2,4,6,8-10H2,1,3H3/b7-5-. The molecule has 0 amide bonds. The number of phenols is 1. The Balaban J connectivity index is 2.37. The van der Waals surface area contributed by atoms with Crippen LogP contribution in [0.25, 0.3) is 22.6 Å². The van der Waals surface area contributed by atoms with Gasteiger partial charge < -0.3 is 9.67 Å². The molecule has 4 nitrogen and oxygen atoms in total. The molecule has 4 heteroatoms. The summed E-state index contributed by atoms with van der Waals surface area (Å²) in [6.07, 6.45) is 6.31. The maximum atomic E-state index is 11.9. The largest absolute Gasteiger partial charge is 0.507 e. The van der Waals surface area contributed by atoms with Crippen molar-refractivity contribution in [1.29, 1.82) is 0 Å². The van der Waals surface area contributed by atoms with Gasteiger partial charge in [-0.05, 0) is 37.5 Å². The Hall–Kier alpha value is -2.62. The summed E-state index contributed by atoms with van der Waals surface area (Å²) in [6.45, 7) is 8.54. The van der Waals surface area contributed by atoms with E-state index >= 15 is 0 Å². The van der Waals surface area contributed by atoms with Crippen LogP contribution in [0.4, 0.5) is 0 Å². The molecule has 2 aromatic rings. The lowest BCUT2D eigenvalue weighted by Gasteiger charge is -2.08. The van der Waals surface area contributed by atoms with Crippen LogP contribution in [0.15, 0.2) is 24.8 Å². The molecule has 0 radical (unpaired) electrons. The third-order valence-corrected chi connectivity index (χ3v) is 4.73. The fourth-order valence-corrected chi connectivity index (χ4v) is 3.51. The van der Waals surface area contributed by atoms with Gasteiger partial charge in [-0.3, -0.25) is 9.59 Å². The van der Waals surface area contributed by atoms with E-state index in [1.54, 1.807) is 12.1 Å². The first kappa shape index (κ1) is 17.2. The molecule has 1 aliphatic rings. The third-order valence-electron chi connectivity index (χ3n) is 4.73. The number of benzene rings is 1. The molecule has 0 fully saturated rings. The molecule has 1 aliphatic carbocycles. The maximum Gasteiger partial charge on any atom is 0.163 e. The lowest BCUT2D eigenvalue weighted by molar-refractivity contribution is -0.118. The number of rotatable bonds is 3. The van der Waals surface area contributed by atoms with Gasteiger partial charge in [0, 0.05) is 42.1 Å². The summed E-state index contributed by atoms with van der Waals surface area (Å²) in [4.78, 5) is 23.8. The lowest BCUT2D eigenvalue weighted by atomic mass is 9.97. The Labute approximate surface area is 147 Å². The van der Waals surface area contributed by atoms with Crippen molar-refractivity contribution in [2.24, 2.45) is 0 Å². The highest BCUT2D eigenvalue weighted by molar-refractivity contribution is 6.05. The highest BCUT2D eigenvalue weighted by atomic mass is 16.3. The Morgan fingerprint density at radius 2 is 2.08 bits per heavy atom. The van der Waals surface area contributed by atoms with E-state index in [4.69, 9.17) is 0 Å². The van der Waals surface area contributed by atoms with Gasteiger partial charge in [0.05, 0.1) is 11.1 Å². The van der Waals surface area contributed by atoms with Crippen molar-refractivity contribution in [2.75, 3.05) is 0 Å². The van der Waals surface area contributed by atoms with Crippen molar-refractivity contribution in [3.8, 4) is 5.75 Å². The van der Waals surface area contributed by atoms with Gasteiger partial charge in [-0.1, -0.05) is 19.6 Å². The number of carbonyl (C=O) groups is 2. The van der Waals surface area contributed by atoms with E-state index in [2.05, 4.69) is 18.1 Å². The van der Waals surface area contributed by atoms with Crippen molar-refractivity contribution in [2.45, 2.75) is 46.1 Å². The van der Waals surface area contributed by atoms with Crippen LogP contribution in [-0.2, 0) is 11.3 Å². The Bertz CT molecular complexity index is 915. The molecule has 25 heavy (non-hydrogen) atoms. The van der Waals surface area contributed by atoms with Gasteiger partial charge in [-0.15, -0.1) is 0 Å². The number of ketones is 2. The molecule has 0 atom stereocenters. The van der Waals surface area contributed by atoms with Gasteiger partial charge in [0.15, 0.2) is 5.78 Å². The molecule has 1 aromatic heterocycles. The van der Waals surface area contributed by atoms with Crippen LogP contribution >= 0.6 is 0 Å². The first-order valence-electron chi connectivity index (χ1n) is 8.70. The zero-order valence-corrected chi connectivity index (χ0v) is 14.8. The predicted molar refractivity (Wildman–Crippen MR) is 101 cm³/mol. The van der Waals surface area contributed by atoms with Gasteiger partial charge in [-0.25, -0.2) is 0 Å². The highest BCUT2D eigenvalue weighted by Gasteiger charge is 2.21. The normalized spacial score (nSPS) is 16.2. The number of fused-ring (bicyclic) bond motifs is 3. The van der Waals surface area contributed by atoms with Crippen molar-refractivity contribution < 1.29 is 14.7 Å². The maximum absolute atomic E-state index is 11.9. The first-order valence-corrected chi connectivity index (χ1v) is 8.70. The smallest absolute Gasteiger partial charge is 0.163 e. The molecule has 3 rings (SSSR count). The molecule has 130 valence electrons. The van der Waals surface area contributed by atoms with E-state index in [0.29, 0.717) is 24.8 Å². The SMILES string of the molecule is C=C1CCC(=O)C/C=C\c2c1c1cc(C(C)=O)c(O)cc1n2CCC. The van der Waals surface area contributed by atoms with Crippen LogP contribution in [-0.4, -0.2) is 21.2 Å². The zero-order chi connectivity index (χ0) is 18.1. The molecule has 0 saturated heterocycles. The molecule has 0 aliphatic heterocycles. The summed E-state index contributed by atoms with van der Waals surface area (Å²) >= 11 is 0. The van der Waals surface area contributed by atoms with E-state index in [0.717, 1.165) is 40.7 Å². The number of Topliss-reactive ketones (excluding diaryl/α,β-unsaturated/α-hetero) is 2. The minimum Gasteiger partial charge on any atom is -0.507 e. The van der Waals surface area contributed by atoms with E-state index in [-0.39, 0.29) is 17.3 Å². The summed E-state index contributed by atoms with van der Waals surface area (Å²) in [5.74, 6) is 0.0385. The fourth-order valence-electron chi connectivity index (χ4n) is 3.51. The second-order valence-electron chi connectivity index (χ2n) is 6.60. The monoisotopic (exact) mass is 337 g/mol. The molecule has 1 N–H and O–H groups in total. The quantitative estimate of drug-likeness (QED) is 0.823. The van der Waals surface area contributed by atoms with Gasteiger partial charge >= 0.3 is 0 Å². The van der Waals surface area contributed by atoms with Crippen molar-refractivity contribution in [3.05, 3.63) is 41.6 Å². The van der Waals surface area contributed by atoms with Gasteiger partial charge in [0.25, 0.3) is 0 Å². The van der Waals surface area contributed by atoms with Gasteiger partial charge in [0.1, 0.15) is 11.5 Å². The van der Waals surface area contributed by atoms with Gasteiger partial charge in [0.2, 0.25) is 0 Å². The third kappa shape index (κ3) is 3.04. The Morgan fingerprint density at radius 3 is 2.76 bits per heavy atom. The van der Waals surface area contributed by atoms with Crippen LogP contribution in [0.5, 0.6) is 5.75 Å². The Kier molecular flexibility index (Phi) is 4.62. The molecule has 0 unspecified atom stereocenters. The zero-order valence-electron chi connectivity index (χ0n) is 14.8. The van der Waals surface area contributed by atoms with Gasteiger partial charge in [-0.2, -0.15) is 0 Å². The number of allylic oxidation sites excluding steroid dienone is 2. The minimum absolute atomic E-state index is 0.00446. The van der Waals surface area contributed by atoms with E-state index in [9.17, 15) is 14.7 Å². The molecule has 0 saturated carbocycles. The summed E-state index contributed by atoms with van der Waals surface area (Å²) in [5, 5.41) is 11.2. The number of phenolic OH excluding ortho intramolecular Hbond substituents is 1. The molecule has 1 aromatic carbocycles. The molecule has 0 spiro atoms. The van der Waals surface area contributed by atoms with Crippen LogP contribution in [0.1, 0.15) is 61.1 Å². The highest BCUT2D eigenvalue weighted by Crippen LogP contribution is 2.38.